The first-order chi connectivity index (χ1) is 9.65. The third-order valence-corrected chi connectivity index (χ3v) is 2.52. The number of halogens is 2. The van der Waals surface area contributed by atoms with Gasteiger partial charge in [0.1, 0.15) is 11.6 Å². The maximum atomic E-state index is 12.1. The summed E-state index contributed by atoms with van der Waals surface area (Å²) >= 11 is 0. The lowest BCUT2D eigenvalue weighted by molar-refractivity contribution is -0.0498. The lowest BCUT2D eigenvalue weighted by Gasteiger charge is -2.07. The van der Waals surface area contributed by atoms with Crippen LogP contribution in [0.2, 0.25) is 0 Å². The number of alkyl halides is 2. The number of imidazole rings is 1. The molecule has 0 bridgehead atoms. The van der Waals surface area contributed by atoms with Crippen molar-refractivity contribution in [2.75, 3.05) is 6.54 Å². The normalized spacial score (nSPS) is 10.6. The van der Waals surface area contributed by atoms with Gasteiger partial charge in [0.05, 0.1) is 0 Å². The predicted molar refractivity (Wildman–Crippen MR) is 67.7 cm³/mol. The summed E-state index contributed by atoms with van der Waals surface area (Å²) in [5, 5.41) is 2.68. The number of amides is 1. The largest absolute Gasteiger partial charge is 0.435 e. The molecule has 7 heteroatoms. The van der Waals surface area contributed by atoms with Crippen molar-refractivity contribution in [1.29, 1.82) is 0 Å². The fourth-order valence-corrected chi connectivity index (χ4v) is 1.64. The van der Waals surface area contributed by atoms with Crippen LogP contribution in [0.4, 0.5) is 8.78 Å². The molecule has 0 saturated heterocycles. The maximum Gasteiger partial charge on any atom is 0.387 e. The first kappa shape index (κ1) is 14.0. The number of aromatic nitrogens is 2. The lowest BCUT2D eigenvalue weighted by atomic mass is 10.2. The van der Waals surface area contributed by atoms with Crippen molar-refractivity contribution in [3.63, 3.8) is 0 Å². The van der Waals surface area contributed by atoms with E-state index in [1.807, 2.05) is 0 Å². The lowest BCUT2D eigenvalue weighted by Crippen LogP contribution is -2.26. The number of hydrogen-bond acceptors (Lipinski definition) is 3. The minimum Gasteiger partial charge on any atom is -0.435 e. The fourth-order valence-electron chi connectivity index (χ4n) is 1.64. The molecule has 1 heterocycles. The van der Waals surface area contributed by atoms with Gasteiger partial charge in [-0.3, -0.25) is 4.79 Å². The third kappa shape index (κ3) is 4.04. The predicted octanol–water partition coefficient (Wildman–Crippen LogP) is 1.98. The molecule has 0 radical (unpaired) electrons. The van der Waals surface area contributed by atoms with Gasteiger partial charge in [0.15, 0.2) is 0 Å². The molecule has 2 rings (SSSR count). The molecule has 0 atom stereocenters. The second-order valence-electron chi connectivity index (χ2n) is 3.95. The quantitative estimate of drug-likeness (QED) is 0.851. The molecule has 2 N–H and O–H groups in total. The minimum atomic E-state index is -2.91. The Balaban J connectivity index is 1.88. The Morgan fingerprint density at radius 1 is 1.45 bits per heavy atom. The monoisotopic (exact) mass is 281 g/mol. The first-order valence-corrected chi connectivity index (χ1v) is 5.96. The highest BCUT2D eigenvalue weighted by atomic mass is 19.3. The number of aromatic amines is 1. The molecular formula is C13H13F2N3O2. The van der Waals surface area contributed by atoms with E-state index in [1.54, 1.807) is 12.4 Å². The van der Waals surface area contributed by atoms with E-state index in [-0.39, 0.29) is 17.2 Å². The van der Waals surface area contributed by atoms with Crippen LogP contribution in [0.3, 0.4) is 0 Å². The molecule has 0 unspecified atom stereocenters. The molecule has 0 saturated carbocycles. The molecule has 1 aromatic heterocycles. The van der Waals surface area contributed by atoms with Crippen LogP contribution in [0.5, 0.6) is 5.75 Å². The van der Waals surface area contributed by atoms with Gasteiger partial charge in [0.25, 0.3) is 5.91 Å². The van der Waals surface area contributed by atoms with E-state index in [1.165, 1.54) is 24.3 Å². The summed E-state index contributed by atoms with van der Waals surface area (Å²) in [4.78, 5) is 18.8. The second kappa shape index (κ2) is 6.65. The zero-order valence-corrected chi connectivity index (χ0v) is 10.5. The highest BCUT2D eigenvalue weighted by Gasteiger charge is 2.09. The van der Waals surface area contributed by atoms with Crippen LogP contribution in [0.1, 0.15) is 16.2 Å². The maximum absolute atomic E-state index is 12.1. The molecule has 0 aliphatic heterocycles. The van der Waals surface area contributed by atoms with Crippen LogP contribution in [0.25, 0.3) is 0 Å². The van der Waals surface area contributed by atoms with Crippen molar-refractivity contribution in [2.24, 2.45) is 0 Å². The Morgan fingerprint density at radius 3 is 3.00 bits per heavy atom. The van der Waals surface area contributed by atoms with Crippen molar-refractivity contribution in [3.05, 3.63) is 48.0 Å². The number of hydrogen-bond donors (Lipinski definition) is 2. The molecule has 2 aromatic rings. The summed E-state index contributed by atoms with van der Waals surface area (Å²) < 4.78 is 28.4. The van der Waals surface area contributed by atoms with Crippen molar-refractivity contribution in [2.45, 2.75) is 13.0 Å². The van der Waals surface area contributed by atoms with Crippen molar-refractivity contribution >= 4 is 5.91 Å². The molecular weight excluding hydrogens is 268 g/mol. The summed E-state index contributed by atoms with van der Waals surface area (Å²) in [6.45, 7) is -2.51. The number of benzene rings is 1. The molecule has 1 aromatic carbocycles. The smallest absolute Gasteiger partial charge is 0.387 e. The van der Waals surface area contributed by atoms with Crippen LogP contribution in [0, 0.1) is 0 Å². The summed E-state index contributed by atoms with van der Waals surface area (Å²) in [6, 6.07) is 5.65. The Bertz CT molecular complexity index is 559. The van der Waals surface area contributed by atoms with Crippen molar-refractivity contribution in [1.82, 2.24) is 15.3 Å². The minimum absolute atomic E-state index is 0.0429. The Kier molecular flexibility index (Phi) is 4.65. The van der Waals surface area contributed by atoms with E-state index in [2.05, 4.69) is 20.0 Å². The zero-order valence-electron chi connectivity index (χ0n) is 10.5. The van der Waals surface area contributed by atoms with Gasteiger partial charge in [0.2, 0.25) is 0 Å². The first-order valence-electron chi connectivity index (χ1n) is 5.96. The van der Waals surface area contributed by atoms with Gasteiger partial charge in [-0.25, -0.2) is 4.98 Å². The number of H-pyrrole nitrogens is 1. The van der Waals surface area contributed by atoms with Gasteiger partial charge < -0.3 is 15.0 Å². The highest BCUT2D eigenvalue weighted by Crippen LogP contribution is 2.15. The van der Waals surface area contributed by atoms with Crippen LogP contribution in [-0.4, -0.2) is 29.0 Å². The van der Waals surface area contributed by atoms with Crippen LogP contribution in [0.15, 0.2) is 36.7 Å². The summed E-state index contributed by atoms with van der Waals surface area (Å²) in [5.41, 5.74) is 0.266. The standard InChI is InChI=1S/C13H13F2N3O2/c14-13(15)20-10-3-1-2-9(8-10)12(19)18-5-4-11-16-6-7-17-11/h1-3,6-8,13H,4-5H2,(H,16,17)(H,18,19). The molecule has 0 aliphatic rings. The molecule has 0 aliphatic carbocycles. The topological polar surface area (TPSA) is 67.0 Å². The number of carbonyl (C=O) groups is 1. The molecule has 1 amide bonds. The summed E-state index contributed by atoms with van der Waals surface area (Å²) in [7, 11) is 0. The number of carbonyl (C=O) groups excluding carboxylic acids is 1. The molecule has 106 valence electrons. The van der Waals surface area contributed by atoms with Gasteiger partial charge in [-0.05, 0) is 18.2 Å². The number of nitrogens with one attached hydrogen (secondary N) is 2. The van der Waals surface area contributed by atoms with Crippen LogP contribution in [-0.2, 0) is 6.42 Å². The Morgan fingerprint density at radius 2 is 2.30 bits per heavy atom. The molecule has 0 fully saturated rings. The average Bonchev–Trinajstić information content (AvgIpc) is 2.91. The molecule has 0 spiro atoms. The van der Waals surface area contributed by atoms with Gasteiger partial charge in [-0.2, -0.15) is 8.78 Å². The van der Waals surface area contributed by atoms with Crippen molar-refractivity contribution in [3.8, 4) is 5.75 Å². The van der Waals surface area contributed by atoms with Crippen LogP contribution >= 0.6 is 0 Å². The number of rotatable bonds is 6. The summed E-state index contributed by atoms with van der Waals surface area (Å²) in [5.74, 6) is 0.370. The zero-order chi connectivity index (χ0) is 14.4. The SMILES string of the molecule is O=C(NCCc1ncc[nH]1)c1cccc(OC(F)F)c1. The number of ether oxygens (including phenoxy) is 1. The van der Waals surface area contributed by atoms with E-state index in [0.29, 0.717) is 13.0 Å². The Hall–Kier alpha value is -2.44. The summed E-state index contributed by atoms with van der Waals surface area (Å²) in [6.07, 6.45) is 3.89. The van der Waals surface area contributed by atoms with Crippen molar-refractivity contribution < 1.29 is 18.3 Å². The average molecular weight is 281 g/mol. The van der Waals surface area contributed by atoms with E-state index < -0.39 is 6.61 Å². The Labute approximate surface area is 114 Å². The van der Waals surface area contributed by atoms with Gasteiger partial charge >= 0.3 is 6.61 Å². The fraction of sp³-hybridized carbons (Fsp3) is 0.231. The van der Waals surface area contributed by atoms with E-state index in [9.17, 15) is 13.6 Å². The number of nitrogens with zero attached hydrogens (tertiary/aromatic N) is 1. The van der Waals surface area contributed by atoms with E-state index in [4.69, 9.17) is 0 Å². The van der Waals surface area contributed by atoms with Crippen LogP contribution < -0.4 is 10.1 Å². The van der Waals surface area contributed by atoms with Gasteiger partial charge in [0, 0.05) is 30.9 Å². The molecule has 20 heavy (non-hydrogen) atoms. The third-order valence-electron chi connectivity index (χ3n) is 2.52. The van der Waals surface area contributed by atoms with E-state index >= 15 is 0 Å². The highest BCUT2D eigenvalue weighted by molar-refractivity contribution is 5.94. The van der Waals surface area contributed by atoms with E-state index in [0.717, 1.165) is 5.82 Å². The molecule has 5 nitrogen and oxygen atoms in total. The van der Waals surface area contributed by atoms with Gasteiger partial charge in [-0.1, -0.05) is 6.07 Å². The second-order valence-corrected chi connectivity index (χ2v) is 3.95. The van der Waals surface area contributed by atoms with Gasteiger partial charge in [-0.15, -0.1) is 0 Å².